The van der Waals surface area contributed by atoms with Crippen LogP contribution in [0.3, 0.4) is 0 Å². The van der Waals surface area contributed by atoms with E-state index in [2.05, 4.69) is 10.3 Å². The third-order valence-corrected chi connectivity index (χ3v) is 1.75. The van der Waals surface area contributed by atoms with E-state index >= 15 is 0 Å². The number of hydrogen-bond acceptors (Lipinski definition) is 4. The third-order valence-electron chi connectivity index (χ3n) is 1.75. The van der Waals surface area contributed by atoms with Gasteiger partial charge in [-0.05, 0) is 12.1 Å². The normalized spacial score (nSPS) is 10.1. The molecule has 0 atom stereocenters. The third kappa shape index (κ3) is 3.64. The molecular formula is C10H14N2O2. The van der Waals surface area contributed by atoms with Crippen molar-refractivity contribution >= 4 is 5.78 Å². The first-order valence-corrected chi connectivity index (χ1v) is 4.47. The Morgan fingerprint density at radius 3 is 3.14 bits per heavy atom. The first-order valence-electron chi connectivity index (χ1n) is 4.47. The molecule has 1 rings (SSSR count). The van der Waals surface area contributed by atoms with E-state index in [-0.39, 0.29) is 5.78 Å². The smallest absolute Gasteiger partial charge is 0.178 e. The number of methoxy groups -OCH3 is 1. The molecule has 4 nitrogen and oxygen atoms in total. The lowest BCUT2D eigenvalue weighted by atomic mass is 10.2. The van der Waals surface area contributed by atoms with Gasteiger partial charge >= 0.3 is 0 Å². The zero-order chi connectivity index (χ0) is 10.2. The van der Waals surface area contributed by atoms with Gasteiger partial charge in [0.25, 0.3) is 0 Å². The van der Waals surface area contributed by atoms with Crippen molar-refractivity contribution in [1.82, 2.24) is 10.3 Å². The van der Waals surface area contributed by atoms with Gasteiger partial charge in [-0.3, -0.25) is 9.78 Å². The van der Waals surface area contributed by atoms with Crippen LogP contribution in [0, 0.1) is 0 Å². The molecule has 1 aromatic rings. The summed E-state index contributed by atoms with van der Waals surface area (Å²) in [5.41, 5.74) is 0.636. The van der Waals surface area contributed by atoms with E-state index < -0.39 is 0 Å². The molecule has 76 valence electrons. The van der Waals surface area contributed by atoms with Gasteiger partial charge in [0, 0.05) is 31.6 Å². The molecule has 1 aromatic heterocycles. The number of pyridine rings is 1. The van der Waals surface area contributed by atoms with Crippen LogP contribution in [-0.2, 0) is 4.74 Å². The quantitative estimate of drug-likeness (QED) is 0.529. The molecule has 0 unspecified atom stereocenters. The Morgan fingerprint density at radius 2 is 2.50 bits per heavy atom. The van der Waals surface area contributed by atoms with Crippen LogP contribution >= 0.6 is 0 Å². The number of ketones is 1. The van der Waals surface area contributed by atoms with Crippen molar-refractivity contribution in [3.8, 4) is 0 Å². The van der Waals surface area contributed by atoms with Crippen LogP contribution < -0.4 is 5.32 Å². The van der Waals surface area contributed by atoms with E-state index in [1.165, 1.54) is 0 Å². The largest absolute Gasteiger partial charge is 0.383 e. The summed E-state index contributed by atoms with van der Waals surface area (Å²) in [6.45, 7) is 1.62. The van der Waals surface area contributed by atoms with E-state index in [1.54, 1.807) is 31.6 Å². The Bertz CT molecular complexity index is 275. The van der Waals surface area contributed by atoms with Crippen molar-refractivity contribution in [3.63, 3.8) is 0 Å². The molecule has 0 aliphatic carbocycles. The Labute approximate surface area is 83.3 Å². The van der Waals surface area contributed by atoms with Gasteiger partial charge in [0.15, 0.2) is 5.78 Å². The SMILES string of the molecule is COCCNCC(=O)c1cccnc1. The zero-order valence-electron chi connectivity index (χ0n) is 8.19. The fourth-order valence-electron chi connectivity index (χ4n) is 1.01. The standard InChI is InChI=1S/C10H14N2O2/c1-14-6-5-12-8-10(13)9-3-2-4-11-7-9/h2-4,7,12H,5-6,8H2,1H3. The van der Waals surface area contributed by atoms with Gasteiger partial charge in [-0.1, -0.05) is 0 Å². The second-order valence-corrected chi connectivity index (χ2v) is 2.83. The van der Waals surface area contributed by atoms with Crippen LogP contribution in [0.5, 0.6) is 0 Å². The lowest BCUT2D eigenvalue weighted by Crippen LogP contribution is -2.26. The van der Waals surface area contributed by atoms with Crippen LogP contribution in [0.4, 0.5) is 0 Å². The highest BCUT2D eigenvalue weighted by atomic mass is 16.5. The summed E-state index contributed by atoms with van der Waals surface area (Å²) in [7, 11) is 1.63. The van der Waals surface area contributed by atoms with Gasteiger partial charge in [-0.2, -0.15) is 0 Å². The second-order valence-electron chi connectivity index (χ2n) is 2.83. The number of ether oxygens (including phenoxy) is 1. The second kappa shape index (κ2) is 6.23. The van der Waals surface area contributed by atoms with Crippen molar-refractivity contribution in [2.24, 2.45) is 0 Å². The maximum atomic E-state index is 11.5. The fraction of sp³-hybridized carbons (Fsp3) is 0.400. The highest BCUT2D eigenvalue weighted by molar-refractivity contribution is 5.97. The maximum absolute atomic E-state index is 11.5. The van der Waals surface area contributed by atoms with E-state index in [1.807, 2.05) is 0 Å². The number of carbonyl (C=O) groups is 1. The van der Waals surface area contributed by atoms with Crippen LogP contribution in [0.25, 0.3) is 0 Å². The molecule has 0 spiro atoms. The summed E-state index contributed by atoms with van der Waals surface area (Å²) < 4.78 is 4.84. The van der Waals surface area contributed by atoms with Crippen molar-refractivity contribution in [1.29, 1.82) is 0 Å². The molecule has 0 bridgehead atoms. The van der Waals surface area contributed by atoms with Gasteiger partial charge in [-0.25, -0.2) is 0 Å². The number of rotatable bonds is 6. The van der Waals surface area contributed by atoms with Crippen molar-refractivity contribution in [2.75, 3.05) is 26.8 Å². The Kier molecular flexibility index (Phi) is 4.82. The summed E-state index contributed by atoms with van der Waals surface area (Å²) >= 11 is 0. The lowest BCUT2D eigenvalue weighted by molar-refractivity contribution is 0.0987. The molecule has 0 aliphatic rings. The van der Waals surface area contributed by atoms with Gasteiger partial charge in [0.2, 0.25) is 0 Å². The minimum Gasteiger partial charge on any atom is -0.383 e. The molecule has 1 heterocycles. The number of Topliss-reactive ketones (excluding diaryl/α,β-unsaturated/α-hetero) is 1. The number of hydrogen-bond donors (Lipinski definition) is 1. The Hall–Kier alpha value is -1.26. The monoisotopic (exact) mass is 194 g/mol. The zero-order valence-corrected chi connectivity index (χ0v) is 8.19. The van der Waals surface area contributed by atoms with Gasteiger partial charge < -0.3 is 10.1 Å². The van der Waals surface area contributed by atoms with Gasteiger partial charge in [0.1, 0.15) is 0 Å². The minimum atomic E-state index is 0.0502. The van der Waals surface area contributed by atoms with Gasteiger partial charge in [0.05, 0.1) is 13.2 Å². The predicted octanol–water partition coefficient (Wildman–Crippen LogP) is 0.500. The Balaban J connectivity index is 2.29. The summed E-state index contributed by atoms with van der Waals surface area (Å²) in [5, 5.41) is 2.98. The lowest BCUT2D eigenvalue weighted by Gasteiger charge is -2.02. The molecule has 1 N–H and O–H groups in total. The molecule has 0 saturated carbocycles. The van der Waals surface area contributed by atoms with E-state index in [4.69, 9.17) is 4.74 Å². The highest BCUT2D eigenvalue weighted by Gasteiger charge is 2.03. The van der Waals surface area contributed by atoms with Crippen molar-refractivity contribution in [3.05, 3.63) is 30.1 Å². The first-order chi connectivity index (χ1) is 6.84. The van der Waals surface area contributed by atoms with E-state index in [0.29, 0.717) is 25.3 Å². The highest BCUT2D eigenvalue weighted by Crippen LogP contribution is 1.95. The summed E-state index contributed by atoms with van der Waals surface area (Å²) in [5.74, 6) is 0.0502. The average molecular weight is 194 g/mol. The van der Waals surface area contributed by atoms with Crippen LogP contribution in [-0.4, -0.2) is 37.6 Å². The molecule has 0 radical (unpaired) electrons. The number of aromatic nitrogens is 1. The minimum absolute atomic E-state index is 0.0502. The molecule has 14 heavy (non-hydrogen) atoms. The fourth-order valence-corrected chi connectivity index (χ4v) is 1.01. The van der Waals surface area contributed by atoms with Crippen LogP contribution in [0.2, 0.25) is 0 Å². The average Bonchev–Trinajstić information content (AvgIpc) is 2.25. The summed E-state index contributed by atoms with van der Waals surface area (Å²) in [6, 6.07) is 3.51. The molecule has 0 aromatic carbocycles. The number of nitrogens with one attached hydrogen (secondary N) is 1. The van der Waals surface area contributed by atoms with Gasteiger partial charge in [-0.15, -0.1) is 0 Å². The molecule has 0 fully saturated rings. The van der Waals surface area contributed by atoms with E-state index in [0.717, 1.165) is 0 Å². The van der Waals surface area contributed by atoms with E-state index in [9.17, 15) is 4.79 Å². The topological polar surface area (TPSA) is 51.2 Å². The maximum Gasteiger partial charge on any atom is 0.178 e. The number of nitrogens with zero attached hydrogens (tertiary/aromatic N) is 1. The first kappa shape index (κ1) is 10.8. The summed E-state index contributed by atoms with van der Waals surface area (Å²) in [4.78, 5) is 15.3. The van der Waals surface area contributed by atoms with Crippen molar-refractivity contribution < 1.29 is 9.53 Å². The summed E-state index contributed by atoms with van der Waals surface area (Å²) in [6.07, 6.45) is 3.22. The molecule has 0 amide bonds. The predicted molar refractivity (Wildman–Crippen MR) is 53.3 cm³/mol. The van der Waals surface area contributed by atoms with Crippen molar-refractivity contribution in [2.45, 2.75) is 0 Å². The van der Waals surface area contributed by atoms with Crippen LogP contribution in [0.15, 0.2) is 24.5 Å². The number of carbonyl (C=O) groups excluding carboxylic acids is 1. The Morgan fingerprint density at radius 1 is 1.64 bits per heavy atom. The molecule has 0 aliphatic heterocycles. The molecule has 4 heteroatoms. The molecular weight excluding hydrogens is 180 g/mol. The molecule has 0 saturated heterocycles. The van der Waals surface area contributed by atoms with Crippen LogP contribution in [0.1, 0.15) is 10.4 Å².